The Bertz CT molecular complexity index is 495. The highest BCUT2D eigenvalue weighted by Gasteiger charge is 2.18. The first-order valence-electron chi connectivity index (χ1n) is 8.33. The molecule has 1 aromatic carbocycles. The number of carbonyl (C=O) groups excluding carboxylic acids is 1. The number of anilines is 1. The minimum Gasteiger partial charge on any atom is -0.371 e. The van der Waals surface area contributed by atoms with Crippen LogP contribution < -0.4 is 10.2 Å². The summed E-state index contributed by atoms with van der Waals surface area (Å²) in [7, 11) is 1.86. The molecule has 0 saturated carbocycles. The van der Waals surface area contributed by atoms with Gasteiger partial charge in [-0.1, -0.05) is 32.0 Å². The Labute approximate surface area is 134 Å². The first-order chi connectivity index (χ1) is 10.5. The van der Waals surface area contributed by atoms with E-state index in [-0.39, 0.29) is 12.1 Å². The number of hydrogen-bond donors (Lipinski definition) is 1. The van der Waals surface area contributed by atoms with Crippen LogP contribution in [0.5, 0.6) is 0 Å². The molecule has 2 amide bonds. The molecule has 0 radical (unpaired) electrons. The molecule has 1 fully saturated rings. The summed E-state index contributed by atoms with van der Waals surface area (Å²) >= 11 is 0. The van der Waals surface area contributed by atoms with E-state index in [1.165, 1.54) is 24.1 Å². The molecule has 1 aromatic rings. The largest absolute Gasteiger partial charge is 0.371 e. The highest BCUT2D eigenvalue weighted by atomic mass is 16.2. The molecule has 1 N–H and O–H groups in total. The summed E-state index contributed by atoms with van der Waals surface area (Å²) in [5.41, 5.74) is 2.50. The van der Waals surface area contributed by atoms with E-state index >= 15 is 0 Å². The van der Waals surface area contributed by atoms with Gasteiger partial charge in [0, 0.05) is 38.4 Å². The van der Waals surface area contributed by atoms with E-state index in [1.807, 2.05) is 7.05 Å². The predicted octanol–water partition coefficient (Wildman–Crippen LogP) is 3.47. The SMILES string of the molecule is CC(C)C(C)NC(=O)N(C)Cc1ccccc1N1CCCC1. The maximum atomic E-state index is 12.3. The fraction of sp³-hybridized carbons (Fsp3) is 0.611. The molecule has 4 heteroatoms. The minimum atomic E-state index is -0.00238. The van der Waals surface area contributed by atoms with Gasteiger partial charge >= 0.3 is 6.03 Å². The smallest absolute Gasteiger partial charge is 0.317 e. The van der Waals surface area contributed by atoms with Crippen LogP contribution in [0.15, 0.2) is 24.3 Å². The summed E-state index contributed by atoms with van der Waals surface area (Å²) < 4.78 is 0. The van der Waals surface area contributed by atoms with Crippen LogP contribution in [0.1, 0.15) is 39.2 Å². The van der Waals surface area contributed by atoms with Crippen LogP contribution >= 0.6 is 0 Å². The van der Waals surface area contributed by atoms with Crippen molar-refractivity contribution in [3.63, 3.8) is 0 Å². The van der Waals surface area contributed by atoms with Crippen LogP contribution in [0.2, 0.25) is 0 Å². The monoisotopic (exact) mass is 303 g/mol. The quantitative estimate of drug-likeness (QED) is 0.904. The van der Waals surface area contributed by atoms with Crippen molar-refractivity contribution in [3.05, 3.63) is 29.8 Å². The third kappa shape index (κ3) is 4.15. The third-order valence-electron chi connectivity index (χ3n) is 4.54. The number of rotatable bonds is 5. The molecule has 1 aliphatic heterocycles. The zero-order valence-electron chi connectivity index (χ0n) is 14.3. The van der Waals surface area contributed by atoms with Crippen molar-refractivity contribution in [2.45, 2.75) is 46.2 Å². The summed E-state index contributed by atoms with van der Waals surface area (Å²) in [4.78, 5) is 16.5. The summed E-state index contributed by atoms with van der Waals surface area (Å²) in [6, 6.07) is 8.61. The van der Waals surface area contributed by atoms with Crippen LogP contribution in [0.3, 0.4) is 0 Å². The summed E-state index contributed by atoms with van der Waals surface area (Å²) in [6.07, 6.45) is 2.52. The van der Waals surface area contributed by atoms with Crippen LogP contribution in [0, 0.1) is 5.92 Å². The molecule has 0 aromatic heterocycles. The van der Waals surface area contributed by atoms with Gasteiger partial charge in [-0.15, -0.1) is 0 Å². The van der Waals surface area contributed by atoms with E-state index in [2.05, 4.69) is 55.3 Å². The van der Waals surface area contributed by atoms with Gasteiger partial charge in [-0.25, -0.2) is 4.79 Å². The van der Waals surface area contributed by atoms with Crippen LogP contribution in [0.25, 0.3) is 0 Å². The van der Waals surface area contributed by atoms with Crippen LogP contribution in [-0.2, 0) is 6.54 Å². The molecular formula is C18H29N3O. The highest BCUT2D eigenvalue weighted by Crippen LogP contribution is 2.25. The molecule has 1 aliphatic rings. The van der Waals surface area contributed by atoms with Gasteiger partial charge in [-0.3, -0.25) is 0 Å². The summed E-state index contributed by atoms with van der Waals surface area (Å²) in [5, 5.41) is 3.06. The van der Waals surface area contributed by atoms with Gasteiger partial charge in [0.1, 0.15) is 0 Å². The number of para-hydroxylation sites is 1. The van der Waals surface area contributed by atoms with E-state index in [0.29, 0.717) is 12.5 Å². The van der Waals surface area contributed by atoms with Crippen molar-refractivity contribution in [2.24, 2.45) is 5.92 Å². The van der Waals surface area contributed by atoms with Gasteiger partial charge in [0.2, 0.25) is 0 Å². The average Bonchev–Trinajstić information content (AvgIpc) is 3.01. The highest BCUT2D eigenvalue weighted by molar-refractivity contribution is 5.74. The van der Waals surface area contributed by atoms with Gasteiger partial charge in [0.15, 0.2) is 0 Å². The van der Waals surface area contributed by atoms with E-state index in [4.69, 9.17) is 0 Å². The van der Waals surface area contributed by atoms with Gasteiger partial charge in [-0.05, 0) is 37.3 Å². The number of benzene rings is 1. The van der Waals surface area contributed by atoms with Crippen molar-refractivity contribution >= 4 is 11.7 Å². The Hall–Kier alpha value is -1.71. The number of urea groups is 1. The number of nitrogens with one attached hydrogen (secondary N) is 1. The third-order valence-corrected chi connectivity index (χ3v) is 4.54. The van der Waals surface area contributed by atoms with E-state index in [1.54, 1.807) is 4.90 Å². The number of nitrogens with zero attached hydrogens (tertiary/aromatic N) is 2. The van der Waals surface area contributed by atoms with Gasteiger partial charge in [0.05, 0.1) is 0 Å². The summed E-state index contributed by atoms with van der Waals surface area (Å²) in [6.45, 7) is 9.17. The standard InChI is InChI=1S/C18H29N3O/c1-14(2)15(3)19-18(22)20(4)13-16-9-5-6-10-17(16)21-11-7-8-12-21/h5-6,9-10,14-15H,7-8,11-13H2,1-4H3,(H,19,22). The lowest BCUT2D eigenvalue weighted by Crippen LogP contribution is -2.43. The predicted molar refractivity (Wildman–Crippen MR) is 92.2 cm³/mol. The molecule has 1 unspecified atom stereocenters. The number of carbonyl (C=O) groups is 1. The Balaban J connectivity index is 2.02. The molecule has 1 atom stereocenters. The fourth-order valence-electron chi connectivity index (χ4n) is 2.71. The van der Waals surface area contributed by atoms with Gasteiger partial charge in [-0.2, -0.15) is 0 Å². The molecule has 2 rings (SSSR count). The Morgan fingerprint density at radius 3 is 2.50 bits per heavy atom. The molecule has 0 aliphatic carbocycles. The van der Waals surface area contributed by atoms with Crippen molar-refractivity contribution in [1.82, 2.24) is 10.2 Å². The Morgan fingerprint density at radius 2 is 1.86 bits per heavy atom. The molecule has 1 saturated heterocycles. The second-order valence-electron chi connectivity index (χ2n) is 6.66. The maximum absolute atomic E-state index is 12.3. The molecule has 122 valence electrons. The van der Waals surface area contributed by atoms with Gasteiger partial charge < -0.3 is 15.1 Å². The van der Waals surface area contributed by atoms with Crippen molar-refractivity contribution in [3.8, 4) is 0 Å². The van der Waals surface area contributed by atoms with E-state index in [0.717, 1.165) is 13.1 Å². The lowest BCUT2D eigenvalue weighted by Gasteiger charge is -2.26. The Morgan fingerprint density at radius 1 is 1.23 bits per heavy atom. The molecule has 1 heterocycles. The fourth-order valence-corrected chi connectivity index (χ4v) is 2.71. The van der Waals surface area contributed by atoms with Crippen LogP contribution in [0.4, 0.5) is 10.5 Å². The van der Waals surface area contributed by atoms with Crippen LogP contribution in [-0.4, -0.2) is 37.1 Å². The molecule has 4 nitrogen and oxygen atoms in total. The normalized spacial score (nSPS) is 16.0. The number of hydrogen-bond acceptors (Lipinski definition) is 2. The molecule has 22 heavy (non-hydrogen) atoms. The van der Waals surface area contributed by atoms with E-state index < -0.39 is 0 Å². The maximum Gasteiger partial charge on any atom is 0.317 e. The first kappa shape index (κ1) is 16.7. The molecule has 0 bridgehead atoms. The van der Waals surface area contributed by atoms with E-state index in [9.17, 15) is 4.79 Å². The van der Waals surface area contributed by atoms with Crippen molar-refractivity contribution in [1.29, 1.82) is 0 Å². The Kier molecular flexibility index (Phi) is 5.69. The minimum absolute atomic E-state index is 0.00238. The van der Waals surface area contributed by atoms with Crippen molar-refractivity contribution in [2.75, 3.05) is 25.0 Å². The first-order valence-corrected chi connectivity index (χ1v) is 8.33. The lowest BCUT2D eigenvalue weighted by molar-refractivity contribution is 0.200. The van der Waals surface area contributed by atoms with Crippen molar-refractivity contribution < 1.29 is 4.79 Å². The number of amides is 2. The zero-order chi connectivity index (χ0) is 16.1. The average molecular weight is 303 g/mol. The van der Waals surface area contributed by atoms with Gasteiger partial charge in [0.25, 0.3) is 0 Å². The second-order valence-corrected chi connectivity index (χ2v) is 6.66. The zero-order valence-corrected chi connectivity index (χ0v) is 14.3. The second kappa shape index (κ2) is 7.52. The lowest BCUT2D eigenvalue weighted by atomic mass is 10.1. The molecule has 0 spiro atoms. The topological polar surface area (TPSA) is 35.6 Å². The summed E-state index contributed by atoms with van der Waals surface area (Å²) in [5.74, 6) is 0.439. The molecular weight excluding hydrogens is 274 g/mol.